The van der Waals surface area contributed by atoms with Crippen LogP contribution in [0.1, 0.15) is 26.7 Å². The van der Waals surface area contributed by atoms with Gasteiger partial charge < -0.3 is 10.0 Å². The number of piperidine rings is 1. The smallest absolute Gasteiger partial charge is 0.310 e. The SMILES string of the molecule is CCN(C)C(=O)CN1CCCC(C)(C(=O)O)C1. The van der Waals surface area contributed by atoms with E-state index in [4.69, 9.17) is 0 Å². The van der Waals surface area contributed by atoms with E-state index in [0.717, 1.165) is 13.0 Å². The molecule has 1 atom stereocenters. The number of aliphatic carboxylic acids is 1. The van der Waals surface area contributed by atoms with Gasteiger partial charge in [-0.05, 0) is 33.2 Å². The molecule has 0 radical (unpaired) electrons. The molecule has 98 valence electrons. The number of hydrogen-bond acceptors (Lipinski definition) is 3. The molecule has 0 aromatic carbocycles. The van der Waals surface area contributed by atoms with Crippen LogP contribution in [0.15, 0.2) is 0 Å². The van der Waals surface area contributed by atoms with Crippen molar-refractivity contribution in [2.24, 2.45) is 5.41 Å². The summed E-state index contributed by atoms with van der Waals surface area (Å²) in [5.74, 6) is -0.708. The van der Waals surface area contributed by atoms with Gasteiger partial charge in [0.15, 0.2) is 0 Å². The second-order valence-electron chi connectivity index (χ2n) is 5.09. The number of carboxylic acids is 1. The van der Waals surface area contributed by atoms with Gasteiger partial charge in [-0.1, -0.05) is 0 Å². The van der Waals surface area contributed by atoms with Crippen LogP contribution in [0.3, 0.4) is 0 Å². The van der Waals surface area contributed by atoms with Crippen molar-refractivity contribution in [2.75, 3.05) is 33.2 Å². The molecule has 1 N–H and O–H groups in total. The van der Waals surface area contributed by atoms with Crippen LogP contribution >= 0.6 is 0 Å². The fourth-order valence-corrected chi connectivity index (χ4v) is 2.14. The van der Waals surface area contributed by atoms with Crippen molar-refractivity contribution in [3.63, 3.8) is 0 Å². The van der Waals surface area contributed by atoms with Gasteiger partial charge in [-0.3, -0.25) is 14.5 Å². The number of hydrogen-bond donors (Lipinski definition) is 1. The quantitative estimate of drug-likeness (QED) is 0.786. The molecular formula is C12H22N2O3. The van der Waals surface area contributed by atoms with Gasteiger partial charge in [-0.2, -0.15) is 0 Å². The topological polar surface area (TPSA) is 60.9 Å². The molecule has 5 nitrogen and oxygen atoms in total. The highest BCUT2D eigenvalue weighted by Gasteiger charge is 2.38. The zero-order chi connectivity index (χ0) is 13.1. The van der Waals surface area contributed by atoms with Crippen LogP contribution in [0.25, 0.3) is 0 Å². The maximum Gasteiger partial charge on any atom is 0.310 e. The maximum atomic E-state index is 11.8. The van der Waals surface area contributed by atoms with Crippen molar-refractivity contribution in [1.29, 1.82) is 0 Å². The third-order valence-corrected chi connectivity index (χ3v) is 3.55. The summed E-state index contributed by atoms with van der Waals surface area (Å²) in [5.41, 5.74) is -0.705. The Morgan fingerprint density at radius 3 is 2.65 bits per heavy atom. The monoisotopic (exact) mass is 242 g/mol. The number of rotatable bonds is 4. The lowest BCUT2D eigenvalue weighted by Gasteiger charge is -2.37. The van der Waals surface area contributed by atoms with Crippen molar-refractivity contribution in [3.05, 3.63) is 0 Å². The first-order valence-corrected chi connectivity index (χ1v) is 6.09. The van der Waals surface area contributed by atoms with Crippen molar-refractivity contribution in [1.82, 2.24) is 9.80 Å². The van der Waals surface area contributed by atoms with Gasteiger partial charge in [0.1, 0.15) is 0 Å². The van der Waals surface area contributed by atoms with Gasteiger partial charge in [-0.15, -0.1) is 0 Å². The van der Waals surface area contributed by atoms with Crippen LogP contribution in [0.5, 0.6) is 0 Å². The number of likely N-dealkylation sites (N-methyl/N-ethyl adjacent to an activating group) is 1. The second kappa shape index (κ2) is 5.49. The molecular weight excluding hydrogens is 220 g/mol. The highest BCUT2D eigenvalue weighted by Crippen LogP contribution is 2.29. The predicted molar refractivity (Wildman–Crippen MR) is 64.7 cm³/mol. The number of carbonyl (C=O) groups excluding carboxylic acids is 1. The van der Waals surface area contributed by atoms with E-state index in [1.807, 2.05) is 11.8 Å². The molecule has 0 saturated carbocycles. The van der Waals surface area contributed by atoms with Crippen LogP contribution in [0.4, 0.5) is 0 Å². The largest absolute Gasteiger partial charge is 0.481 e. The summed E-state index contributed by atoms with van der Waals surface area (Å²) >= 11 is 0. The van der Waals surface area contributed by atoms with Crippen LogP contribution in [0, 0.1) is 5.41 Å². The lowest BCUT2D eigenvalue weighted by molar-refractivity contribution is -0.152. The van der Waals surface area contributed by atoms with E-state index < -0.39 is 11.4 Å². The maximum absolute atomic E-state index is 11.8. The fourth-order valence-electron chi connectivity index (χ4n) is 2.14. The van der Waals surface area contributed by atoms with E-state index in [1.54, 1.807) is 18.9 Å². The summed E-state index contributed by atoms with van der Waals surface area (Å²) in [7, 11) is 1.77. The van der Waals surface area contributed by atoms with Gasteiger partial charge in [-0.25, -0.2) is 0 Å². The Balaban J connectivity index is 2.56. The minimum atomic E-state index is -0.765. The van der Waals surface area contributed by atoms with E-state index >= 15 is 0 Å². The minimum Gasteiger partial charge on any atom is -0.481 e. The van der Waals surface area contributed by atoms with Crippen LogP contribution in [-0.4, -0.2) is 60.0 Å². The molecule has 0 aromatic rings. The van der Waals surface area contributed by atoms with E-state index in [1.165, 1.54) is 0 Å². The molecule has 1 aliphatic rings. The Kier molecular flexibility index (Phi) is 4.51. The Hall–Kier alpha value is -1.10. The van der Waals surface area contributed by atoms with Gasteiger partial charge in [0, 0.05) is 20.1 Å². The molecule has 0 aromatic heterocycles. The molecule has 5 heteroatoms. The van der Waals surface area contributed by atoms with E-state index in [2.05, 4.69) is 0 Å². The number of carbonyl (C=O) groups is 2. The highest BCUT2D eigenvalue weighted by atomic mass is 16.4. The Morgan fingerprint density at radius 1 is 1.47 bits per heavy atom. The zero-order valence-corrected chi connectivity index (χ0v) is 10.9. The van der Waals surface area contributed by atoms with Crippen molar-refractivity contribution >= 4 is 11.9 Å². The molecule has 1 saturated heterocycles. The Bertz CT molecular complexity index is 306. The summed E-state index contributed by atoms with van der Waals surface area (Å²) in [6.07, 6.45) is 1.53. The average molecular weight is 242 g/mol. The molecule has 1 amide bonds. The van der Waals surface area contributed by atoms with E-state index in [0.29, 0.717) is 26.1 Å². The molecule has 1 heterocycles. The highest BCUT2D eigenvalue weighted by molar-refractivity contribution is 5.78. The minimum absolute atomic E-state index is 0.0575. The summed E-state index contributed by atoms with van der Waals surface area (Å²) < 4.78 is 0. The van der Waals surface area contributed by atoms with Gasteiger partial charge in [0.2, 0.25) is 5.91 Å². The average Bonchev–Trinajstić information content (AvgIpc) is 2.27. The number of likely N-dealkylation sites (tertiary alicyclic amines) is 1. The molecule has 17 heavy (non-hydrogen) atoms. The molecule has 1 aliphatic heterocycles. The number of nitrogens with zero attached hydrogens (tertiary/aromatic N) is 2. The van der Waals surface area contributed by atoms with Gasteiger partial charge in [0.05, 0.1) is 12.0 Å². The van der Waals surface area contributed by atoms with E-state index in [-0.39, 0.29) is 5.91 Å². The van der Waals surface area contributed by atoms with Gasteiger partial charge >= 0.3 is 5.97 Å². The Morgan fingerprint density at radius 2 is 2.12 bits per heavy atom. The number of amides is 1. The summed E-state index contributed by atoms with van der Waals surface area (Å²) in [4.78, 5) is 26.5. The molecule has 0 bridgehead atoms. The third kappa shape index (κ3) is 3.43. The Labute approximate surface area is 102 Å². The molecule has 1 unspecified atom stereocenters. The molecule has 0 spiro atoms. The predicted octanol–water partition coefficient (Wildman–Crippen LogP) is 0.651. The van der Waals surface area contributed by atoms with Crippen molar-refractivity contribution in [2.45, 2.75) is 26.7 Å². The molecule has 1 rings (SSSR count). The van der Waals surface area contributed by atoms with Crippen LogP contribution in [-0.2, 0) is 9.59 Å². The molecule has 0 aliphatic carbocycles. The van der Waals surface area contributed by atoms with Crippen LogP contribution < -0.4 is 0 Å². The third-order valence-electron chi connectivity index (χ3n) is 3.55. The van der Waals surface area contributed by atoms with Gasteiger partial charge in [0.25, 0.3) is 0 Å². The zero-order valence-electron chi connectivity index (χ0n) is 10.9. The summed E-state index contributed by atoms with van der Waals surface area (Å²) in [6.45, 7) is 5.97. The normalized spacial score (nSPS) is 25.6. The van der Waals surface area contributed by atoms with Crippen molar-refractivity contribution in [3.8, 4) is 0 Å². The fraction of sp³-hybridized carbons (Fsp3) is 0.833. The summed E-state index contributed by atoms with van der Waals surface area (Å²) in [6, 6.07) is 0. The first-order chi connectivity index (χ1) is 7.89. The first kappa shape index (κ1) is 14.0. The molecule has 1 fully saturated rings. The first-order valence-electron chi connectivity index (χ1n) is 6.09. The van der Waals surface area contributed by atoms with Crippen LogP contribution in [0.2, 0.25) is 0 Å². The van der Waals surface area contributed by atoms with Crippen molar-refractivity contribution < 1.29 is 14.7 Å². The lowest BCUT2D eigenvalue weighted by atomic mass is 9.82. The van der Waals surface area contributed by atoms with E-state index in [9.17, 15) is 14.7 Å². The lowest BCUT2D eigenvalue weighted by Crippen LogP contribution is -2.49. The number of carboxylic acid groups (broad SMARTS) is 1. The summed E-state index contributed by atoms with van der Waals surface area (Å²) in [5, 5.41) is 9.18. The second-order valence-corrected chi connectivity index (χ2v) is 5.09. The standard InChI is InChI=1S/C12H22N2O3/c1-4-13(3)10(15)8-14-7-5-6-12(2,9-14)11(16)17/h4-9H2,1-3H3,(H,16,17).